The van der Waals surface area contributed by atoms with Crippen molar-refractivity contribution in [1.82, 2.24) is 10.2 Å². The van der Waals surface area contributed by atoms with Gasteiger partial charge in [-0.25, -0.2) is 4.79 Å². The molecule has 2 heterocycles. The normalized spacial score (nSPS) is 20.3. The second kappa shape index (κ2) is 9.17. The highest BCUT2D eigenvalue weighted by atomic mass is 16.5. The highest BCUT2D eigenvalue weighted by Crippen LogP contribution is 2.33. The summed E-state index contributed by atoms with van der Waals surface area (Å²) in [5, 5.41) is 13.3. The highest BCUT2D eigenvalue weighted by molar-refractivity contribution is 5.98. The van der Waals surface area contributed by atoms with E-state index in [4.69, 9.17) is 4.74 Å². The van der Waals surface area contributed by atoms with Gasteiger partial charge in [0.2, 0.25) is 5.91 Å². The fourth-order valence-corrected chi connectivity index (χ4v) is 4.66. The number of carbonyl (C=O) groups is 2. The van der Waals surface area contributed by atoms with Crippen LogP contribution in [0.25, 0.3) is 5.57 Å². The van der Waals surface area contributed by atoms with Crippen LogP contribution in [0.4, 0.5) is 0 Å². The third-order valence-electron chi connectivity index (χ3n) is 6.59. The number of hydrogen-bond donors (Lipinski definition) is 2. The maximum atomic E-state index is 12.1. The Labute approximate surface area is 188 Å². The Morgan fingerprint density at radius 2 is 1.88 bits per heavy atom. The molecule has 2 aromatic carbocycles. The van der Waals surface area contributed by atoms with Gasteiger partial charge in [-0.05, 0) is 54.2 Å². The smallest absolute Gasteiger partial charge is 0.333 e. The number of nitrogens with zero attached hydrogens (tertiary/aromatic N) is 1. The molecule has 2 N–H and O–H groups in total. The Kier molecular flexibility index (Phi) is 6.33. The molecule has 0 radical (unpaired) electrons. The first-order valence-electron chi connectivity index (χ1n) is 11.1. The molecule has 2 bridgehead atoms. The van der Waals surface area contributed by atoms with Crippen LogP contribution in [0, 0.1) is 13.8 Å². The molecule has 1 saturated heterocycles. The molecule has 0 saturated carbocycles. The van der Waals surface area contributed by atoms with Crippen molar-refractivity contribution in [2.75, 3.05) is 19.7 Å². The first kappa shape index (κ1) is 22.1. The topological polar surface area (TPSA) is 78.9 Å². The van der Waals surface area contributed by atoms with E-state index in [2.05, 4.69) is 25.2 Å². The summed E-state index contributed by atoms with van der Waals surface area (Å²) in [5.74, 6) is -0.0202. The van der Waals surface area contributed by atoms with E-state index >= 15 is 0 Å². The van der Waals surface area contributed by atoms with Crippen molar-refractivity contribution < 1.29 is 19.4 Å². The van der Waals surface area contributed by atoms with E-state index in [-0.39, 0.29) is 18.0 Å². The third kappa shape index (κ3) is 4.55. The molecule has 0 aromatic heterocycles. The summed E-state index contributed by atoms with van der Waals surface area (Å²) in [5.41, 5.74) is 5.71. The van der Waals surface area contributed by atoms with Crippen molar-refractivity contribution in [3.8, 4) is 5.75 Å². The van der Waals surface area contributed by atoms with Crippen molar-refractivity contribution >= 4 is 17.4 Å². The van der Waals surface area contributed by atoms with E-state index in [0.29, 0.717) is 31.7 Å². The van der Waals surface area contributed by atoms with Gasteiger partial charge in [-0.3, -0.25) is 4.79 Å². The number of rotatable bonds is 6. The zero-order chi connectivity index (χ0) is 22.8. The second-order valence-electron chi connectivity index (χ2n) is 8.74. The SMILES string of the molecule is CC(=O)N1CC2CC(c3ccc(CCOc4cccc(C)c4C)cc3)=C(C(=O)O)[C@@H](C1)N2. The van der Waals surface area contributed by atoms with E-state index in [0.717, 1.165) is 34.4 Å². The number of nitrogens with one attached hydrogen (secondary N) is 1. The van der Waals surface area contributed by atoms with E-state index in [9.17, 15) is 14.7 Å². The standard InChI is InChI=1S/C26H30N2O4/c1-16-5-4-6-24(17(16)2)32-12-11-19-7-9-20(10-8-19)22-13-21-14-28(18(3)29)15-23(27-21)25(22)26(30)31/h4-10,21,23,27H,11-15H2,1-3H3,(H,30,31)/t21?,23-/m1/s1. The molecule has 4 rings (SSSR count). The van der Waals surface area contributed by atoms with Gasteiger partial charge in [-0.1, -0.05) is 36.4 Å². The average molecular weight is 435 g/mol. The van der Waals surface area contributed by atoms with Gasteiger partial charge >= 0.3 is 5.97 Å². The molecule has 1 amide bonds. The fraction of sp³-hybridized carbons (Fsp3) is 0.385. The number of amides is 1. The van der Waals surface area contributed by atoms with E-state index in [1.165, 1.54) is 12.5 Å². The molecule has 2 aliphatic heterocycles. The van der Waals surface area contributed by atoms with Gasteiger partial charge < -0.3 is 20.1 Å². The van der Waals surface area contributed by atoms with Gasteiger partial charge in [0, 0.05) is 32.5 Å². The van der Waals surface area contributed by atoms with Crippen LogP contribution in [-0.2, 0) is 16.0 Å². The Morgan fingerprint density at radius 3 is 2.56 bits per heavy atom. The lowest BCUT2D eigenvalue weighted by Gasteiger charge is -2.43. The molecule has 6 nitrogen and oxygen atoms in total. The van der Waals surface area contributed by atoms with Crippen LogP contribution < -0.4 is 10.1 Å². The molecule has 0 aliphatic carbocycles. The van der Waals surface area contributed by atoms with Gasteiger partial charge in [-0.15, -0.1) is 0 Å². The van der Waals surface area contributed by atoms with Crippen LogP contribution in [0.3, 0.4) is 0 Å². The van der Waals surface area contributed by atoms with Gasteiger partial charge in [-0.2, -0.15) is 0 Å². The largest absolute Gasteiger partial charge is 0.493 e. The van der Waals surface area contributed by atoms with Crippen molar-refractivity contribution in [2.24, 2.45) is 0 Å². The van der Waals surface area contributed by atoms with Crippen LogP contribution >= 0.6 is 0 Å². The maximum absolute atomic E-state index is 12.1. The van der Waals surface area contributed by atoms with Crippen molar-refractivity contribution in [3.05, 3.63) is 70.3 Å². The number of ether oxygens (including phenoxy) is 1. The molecular weight excluding hydrogens is 404 g/mol. The van der Waals surface area contributed by atoms with Crippen molar-refractivity contribution in [3.63, 3.8) is 0 Å². The Balaban J connectivity index is 1.48. The molecule has 2 aromatic rings. The summed E-state index contributed by atoms with van der Waals surface area (Å²) >= 11 is 0. The molecule has 32 heavy (non-hydrogen) atoms. The van der Waals surface area contributed by atoms with E-state index in [1.54, 1.807) is 4.90 Å². The number of carbonyl (C=O) groups excluding carboxylic acids is 1. The number of benzene rings is 2. The zero-order valence-electron chi connectivity index (χ0n) is 18.9. The minimum atomic E-state index is -0.924. The molecule has 0 spiro atoms. The van der Waals surface area contributed by atoms with Crippen LogP contribution in [0.1, 0.15) is 35.6 Å². The van der Waals surface area contributed by atoms with Gasteiger partial charge in [0.25, 0.3) is 0 Å². The predicted octanol–water partition coefficient (Wildman–Crippen LogP) is 3.36. The summed E-state index contributed by atoms with van der Waals surface area (Å²) in [4.78, 5) is 25.7. The number of fused-ring (bicyclic) bond motifs is 2. The van der Waals surface area contributed by atoms with Crippen molar-refractivity contribution in [2.45, 2.75) is 45.7 Å². The summed E-state index contributed by atoms with van der Waals surface area (Å²) in [6.45, 7) is 7.27. The first-order chi connectivity index (χ1) is 15.3. The Morgan fingerprint density at radius 1 is 1.12 bits per heavy atom. The number of aryl methyl sites for hydroxylation is 1. The average Bonchev–Trinajstić information content (AvgIpc) is 2.76. The fourth-order valence-electron chi connectivity index (χ4n) is 4.66. The number of carboxylic acids is 1. The minimum Gasteiger partial charge on any atom is -0.493 e. The maximum Gasteiger partial charge on any atom is 0.333 e. The number of piperazine rings is 1. The second-order valence-corrected chi connectivity index (χ2v) is 8.74. The Bertz CT molecular complexity index is 1060. The predicted molar refractivity (Wildman–Crippen MR) is 124 cm³/mol. The highest BCUT2D eigenvalue weighted by Gasteiger charge is 2.38. The Hall–Kier alpha value is -3.12. The molecule has 2 aliphatic rings. The molecule has 1 fully saturated rings. The monoisotopic (exact) mass is 434 g/mol. The molecular formula is C26H30N2O4. The molecule has 1 unspecified atom stereocenters. The van der Waals surface area contributed by atoms with Crippen LogP contribution in [0.15, 0.2) is 48.0 Å². The molecule has 168 valence electrons. The van der Waals surface area contributed by atoms with Crippen LogP contribution in [0.5, 0.6) is 5.75 Å². The summed E-state index contributed by atoms with van der Waals surface area (Å²) < 4.78 is 5.97. The van der Waals surface area contributed by atoms with E-state index < -0.39 is 5.97 Å². The summed E-state index contributed by atoms with van der Waals surface area (Å²) in [6, 6.07) is 13.9. The third-order valence-corrected chi connectivity index (χ3v) is 6.59. The summed E-state index contributed by atoms with van der Waals surface area (Å²) in [7, 11) is 0. The van der Waals surface area contributed by atoms with Gasteiger partial charge in [0.15, 0.2) is 0 Å². The zero-order valence-corrected chi connectivity index (χ0v) is 18.9. The van der Waals surface area contributed by atoms with Gasteiger partial charge in [0.1, 0.15) is 5.75 Å². The lowest BCUT2D eigenvalue weighted by Crippen LogP contribution is -2.61. The lowest BCUT2D eigenvalue weighted by molar-refractivity contribution is -0.135. The van der Waals surface area contributed by atoms with E-state index in [1.807, 2.05) is 36.4 Å². The van der Waals surface area contributed by atoms with Crippen LogP contribution in [0.2, 0.25) is 0 Å². The quantitative estimate of drug-likeness (QED) is 0.729. The van der Waals surface area contributed by atoms with Crippen molar-refractivity contribution in [1.29, 1.82) is 0 Å². The number of carboxylic acid groups (broad SMARTS) is 1. The molecule has 6 heteroatoms. The summed E-state index contributed by atoms with van der Waals surface area (Å²) in [6.07, 6.45) is 1.37. The molecule has 2 atom stereocenters. The van der Waals surface area contributed by atoms with Gasteiger partial charge in [0.05, 0.1) is 18.2 Å². The number of hydrogen-bond acceptors (Lipinski definition) is 4. The minimum absolute atomic E-state index is 0.0119. The van der Waals surface area contributed by atoms with Crippen LogP contribution in [-0.4, -0.2) is 53.7 Å². The first-order valence-corrected chi connectivity index (χ1v) is 11.1. The number of aliphatic carboxylic acids is 1. The lowest BCUT2D eigenvalue weighted by atomic mass is 9.83.